The largest absolute Gasteiger partial charge is 0.375 e. The molecule has 1 amide bonds. The van der Waals surface area contributed by atoms with E-state index >= 15 is 0 Å². The topological polar surface area (TPSA) is 63.1 Å². The molecule has 0 spiro atoms. The molecule has 1 N–H and O–H groups in total. The highest BCUT2D eigenvalue weighted by Crippen LogP contribution is 2.45. The van der Waals surface area contributed by atoms with E-state index in [1.54, 1.807) is 0 Å². The monoisotopic (exact) mass is 385 g/mol. The van der Waals surface area contributed by atoms with E-state index in [2.05, 4.69) is 44.2 Å². The van der Waals surface area contributed by atoms with E-state index in [1.165, 1.54) is 43.1 Å². The van der Waals surface area contributed by atoms with E-state index < -0.39 is 0 Å². The van der Waals surface area contributed by atoms with Crippen LogP contribution in [-0.4, -0.2) is 46.6 Å². The first-order chi connectivity index (χ1) is 13.2. The third-order valence-electron chi connectivity index (χ3n) is 5.07. The van der Waals surface area contributed by atoms with Crippen molar-refractivity contribution in [3.8, 4) is 0 Å². The summed E-state index contributed by atoms with van der Waals surface area (Å²) in [6.07, 6.45) is 5.81. The standard InChI is InChI=1S/C20H27N5OS/c1-24(16-6-3-2-4-7-16)13-5-12-21-18(26)14-27-20-23-22-19(15-8-9-15)25(20)17-10-11-17/h2-4,6-7,15,17H,5,8-14H2,1H3,(H,21,26). The second-order valence-corrected chi connectivity index (χ2v) is 8.41. The van der Waals surface area contributed by atoms with Crippen molar-refractivity contribution in [2.75, 3.05) is 30.8 Å². The molecule has 0 radical (unpaired) electrons. The number of anilines is 1. The zero-order chi connectivity index (χ0) is 18.6. The van der Waals surface area contributed by atoms with Crippen molar-refractivity contribution < 1.29 is 4.79 Å². The van der Waals surface area contributed by atoms with E-state index in [-0.39, 0.29) is 5.91 Å². The van der Waals surface area contributed by atoms with Crippen molar-refractivity contribution in [2.45, 2.75) is 49.2 Å². The normalized spacial score (nSPS) is 16.3. The van der Waals surface area contributed by atoms with Crippen LogP contribution in [0.1, 0.15) is 49.9 Å². The SMILES string of the molecule is CN(CCCNC(=O)CSc1nnc(C2CC2)n1C1CC1)c1ccccc1. The first kappa shape index (κ1) is 18.3. The first-order valence-corrected chi connectivity index (χ1v) is 10.8. The molecule has 2 aliphatic rings. The van der Waals surface area contributed by atoms with Gasteiger partial charge in [0.25, 0.3) is 0 Å². The molecule has 6 nitrogen and oxygen atoms in total. The third kappa shape index (κ3) is 4.83. The maximum atomic E-state index is 12.2. The van der Waals surface area contributed by atoms with Crippen LogP contribution in [0.5, 0.6) is 0 Å². The molecule has 1 aromatic carbocycles. The van der Waals surface area contributed by atoms with Crippen molar-refractivity contribution in [2.24, 2.45) is 0 Å². The molecule has 144 valence electrons. The Labute approximate surface area is 164 Å². The number of nitrogens with zero attached hydrogens (tertiary/aromatic N) is 4. The number of para-hydroxylation sites is 1. The number of amides is 1. The molecular weight excluding hydrogens is 358 g/mol. The minimum atomic E-state index is 0.0701. The fourth-order valence-electron chi connectivity index (χ4n) is 3.22. The smallest absolute Gasteiger partial charge is 0.230 e. The Hall–Kier alpha value is -2.02. The van der Waals surface area contributed by atoms with E-state index in [4.69, 9.17) is 0 Å². The molecule has 0 saturated heterocycles. The first-order valence-electron chi connectivity index (χ1n) is 9.83. The van der Waals surface area contributed by atoms with Gasteiger partial charge in [-0.1, -0.05) is 30.0 Å². The minimum absolute atomic E-state index is 0.0701. The molecule has 7 heteroatoms. The van der Waals surface area contributed by atoms with Crippen LogP contribution in [0.4, 0.5) is 5.69 Å². The lowest BCUT2D eigenvalue weighted by Crippen LogP contribution is -2.29. The number of thioether (sulfide) groups is 1. The Morgan fingerprint density at radius 2 is 2.00 bits per heavy atom. The summed E-state index contributed by atoms with van der Waals surface area (Å²) in [7, 11) is 2.08. The average molecular weight is 386 g/mol. The average Bonchev–Trinajstić information content (AvgIpc) is 3.63. The summed E-state index contributed by atoms with van der Waals surface area (Å²) in [5.41, 5.74) is 1.20. The fourth-order valence-corrected chi connectivity index (χ4v) is 4.06. The van der Waals surface area contributed by atoms with Gasteiger partial charge in [0, 0.05) is 37.8 Å². The predicted octanol–water partition coefficient (Wildman–Crippen LogP) is 3.23. The number of rotatable bonds is 10. The molecule has 0 atom stereocenters. The van der Waals surface area contributed by atoms with Gasteiger partial charge in [0.05, 0.1) is 5.75 Å². The van der Waals surface area contributed by atoms with E-state index in [1.807, 2.05) is 18.2 Å². The van der Waals surface area contributed by atoms with Gasteiger partial charge in [-0.25, -0.2) is 0 Å². The van der Waals surface area contributed by atoms with Crippen molar-refractivity contribution >= 4 is 23.4 Å². The summed E-state index contributed by atoms with van der Waals surface area (Å²) < 4.78 is 2.30. The lowest BCUT2D eigenvalue weighted by molar-refractivity contribution is -0.118. The van der Waals surface area contributed by atoms with Gasteiger partial charge in [-0.2, -0.15) is 0 Å². The molecule has 0 bridgehead atoms. The highest BCUT2D eigenvalue weighted by molar-refractivity contribution is 7.99. The van der Waals surface area contributed by atoms with Crippen LogP contribution in [0.25, 0.3) is 0 Å². The number of aromatic nitrogens is 3. The zero-order valence-electron chi connectivity index (χ0n) is 15.8. The van der Waals surface area contributed by atoms with Crippen molar-refractivity contribution in [1.82, 2.24) is 20.1 Å². The predicted molar refractivity (Wildman–Crippen MR) is 108 cm³/mol. The molecule has 0 unspecified atom stereocenters. The lowest BCUT2D eigenvalue weighted by Gasteiger charge is -2.19. The molecule has 2 aromatic rings. The molecule has 27 heavy (non-hydrogen) atoms. The third-order valence-corrected chi connectivity index (χ3v) is 6.01. The van der Waals surface area contributed by atoms with Crippen LogP contribution in [0.3, 0.4) is 0 Å². The van der Waals surface area contributed by atoms with Gasteiger partial charge in [-0.05, 0) is 44.2 Å². The van der Waals surface area contributed by atoms with Crippen LogP contribution >= 0.6 is 11.8 Å². The summed E-state index contributed by atoms with van der Waals surface area (Å²) in [6, 6.07) is 10.9. The molecule has 4 rings (SSSR count). The maximum Gasteiger partial charge on any atom is 0.230 e. The molecule has 1 heterocycles. The molecule has 0 aliphatic heterocycles. The van der Waals surface area contributed by atoms with Gasteiger partial charge < -0.3 is 14.8 Å². The second-order valence-electron chi connectivity index (χ2n) is 7.47. The number of carbonyl (C=O) groups is 1. The van der Waals surface area contributed by atoms with Gasteiger partial charge >= 0.3 is 0 Å². The lowest BCUT2D eigenvalue weighted by atomic mass is 10.3. The Morgan fingerprint density at radius 1 is 1.22 bits per heavy atom. The van der Waals surface area contributed by atoms with E-state index in [0.717, 1.165) is 23.9 Å². The summed E-state index contributed by atoms with van der Waals surface area (Å²) in [5.74, 6) is 2.22. The van der Waals surface area contributed by atoms with Crippen LogP contribution in [0, 0.1) is 0 Å². The number of hydrogen-bond donors (Lipinski definition) is 1. The van der Waals surface area contributed by atoms with Crippen LogP contribution in [0.2, 0.25) is 0 Å². The molecule has 1 aromatic heterocycles. The van der Waals surface area contributed by atoms with Gasteiger partial charge in [0.2, 0.25) is 5.91 Å². The summed E-state index contributed by atoms with van der Waals surface area (Å²) in [5, 5.41) is 12.7. The number of nitrogens with one attached hydrogen (secondary N) is 1. The minimum Gasteiger partial charge on any atom is -0.375 e. The second kappa shape index (κ2) is 8.33. The Kier molecular flexibility index (Phi) is 5.66. The Morgan fingerprint density at radius 3 is 2.70 bits per heavy atom. The quantitative estimate of drug-likeness (QED) is 0.503. The number of carbonyl (C=O) groups excluding carboxylic acids is 1. The van der Waals surface area contributed by atoms with Gasteiger partial charge in [0.1, 0.15) is 5.82 Å². The highest BCUT2D eigenvalue weighted by Gasteiger charge is 2.36. The van der Waals surface area contributed by atoms with E-state index in [0.29, 0.717) is 24.3 Å². The van der Waals surface area contributed by atoms with Crippen LogP contribution in [0.15, 0.2) is 35.5 Å². The van der Waals surface area contributed by atoms with Crippen molar-refractivity contribution in [1.29, 1.82) is 0 Å². The van der Waals surface area contributed by atoms with Crippen LogP contribution < -0.4 is 10.2 Å². The highest BCUT2D eigenvalue weighted by atomic mass is 32.2. The summed E-state index contributed by atoms with van der Waals surface area (Å²) in [6.45, 7) is 1.61. The van der Waals surface area contributed by atoms with Gasteiger partial charge in [0.15, 0.2) is 5.16 Å². The van der Waals surface area contributed by atoms with E-state index in [9.17, 15) is 4.79 Å². The number of benzene rings is 1. The molecular formula is C20H27N5OS. The Bertz CT molecular complexity index is 770. The summed E-state index contributed by atoms with van der Waals surface area (Å²) in [4.78, 5) is 14.4. The zero-order valence-corrected chi connectivity index (χ0v) is 16.6. The van der Waals surface area contributed by atoms with Gasteiger partial charge in [-0.15, -0.1) is 10.2 Å². The van der Waals surface area contributed by atoms with Crippen molar-refractivity contribution in [3.05, 3.63) is 36.2 Å². The van der Waals surface area contributed by atoms with Gasteiger partial charge in [-0.3, -0.25) is 4.79 Å². The van der Waals surface area contributed by atoms with Crippen LogP contribution in [-0.2, 0) is 4.79 Å². The van der Waals surface area contributed by atoms with Crippen molar-refractivity contribution in [3.63, 3.8) is 0 Å². The summed E-state index contributed by atoms with van der Waals surface area (Å²) >= 11 is 1.52. The maximum absolute atomic E-state index is 12.2. The molecule has 2 fully saturated rings. The fraction of sp³-hybridized carbons (Fsp3) is 0.550. The molecule has 2 saturated carbocycles. The Balaban J connectivity index is 1.18. The molecule has 2 aliphatic carbocycles. The number of hydrogen-bond acceptors (Lipinski definition) is 5.